The summed E-state index contributed by atoms with van der Waals surface area (Å²) in [5, 5.41) is 3.25. The third kappa shape index (κ3) is 4.24. The van der Waals surface area contributed by atoms with E-state index in [1.54, 1.807) is 0 Å². The second kappa shape index (κ2) is 10.8. The van der Waals surface area contributed by atoms with Crippen LogP contribution in [0, 0.1) is 11.8 Å². The van der Waals surface area contributed by atoms with Gasteiger partial charge in [-0.15, -0.1) is 0 Å². The van der Waals surface area contributed by atoms with E-state index in [-0.39, 0.29) is 24.0 Å². The van der Waals surface area contributed by atoms with Crippen molar-refractivity contribution in [2.75, 3.05) is 0 Å². The van der Waals surface area contributed by atoms with Gasteiger partial charge in [0, 0.05) is 56.7 Å². The molecule has 50 heavy (non-hydrogen) atoms. The molecule has 0 saturated carbocycles. The Labute approximate surface area is 290 Å². The van der Waals surface area contributed by atoms with Crippen LogP contribution in [0.3, 0.4) is 0 Å². The number of hydrogen-bond acceptors (Lipinski definition) is 4. The molecule has 0 bridgehead atoms. The fraction of sp³-hybridized carbons (Fsp3) is 0.130. The number of para-hydroxylation sites is 1. The molecule has 1 aromatic heterocycles. The van der Waals surface area contributed by atoms with Crippen molar-refractivity contribution in [2.24, 2.45) is 11.8 Å². The van der Waals surface area contributed by atoms with E-state index >= 15 is 0 Å². The SMILES string of the molecule is C1=CC2C=CC(C3=CC4c5cc(-c6nc(-c7ccc8c(c7)OC7C=CC=CC87)nc7ccccc67)c6ccccc6c5OC4C=C3)=CC2C=C1. The summed E-state index contributed by atoms with van der Waals surface area (Å²) in [4.78, 5) is 10.5. The van der Waals surface area contributed by atoms with Crippen molar-refractivity contribution in [1.82, 2.24) is 9.97 Å². The topological polar surface area (TPSA) is 44.2 Å². The van der Waals surface area contributed by atoms with Crippen molar-refractivity contribution in [3.63, 3.8) is 0 Å². The van der Waals surface area contributed by atoms with Gasteiger partial charge in [0.25, 0.3) is 0 Å². The summed E-state index contributed by atoms with van der Waals surface area (Å²) in [6.07, 6.45) is 31.3. The van der Waals surface area contributed by atoms with Gasteiger partial charge in [-0.2, -0.15) is 0 Å². The molecule has 0 radical (unpaired) electrons. The number of rotatable bonds is 3. The molecule has 5 aromatic rings. The molecule has 6 unspecified atom stereocenters. The summed E-state index contributed by atoms with van der Waals surface area (Å²) < 4.78 is 13.1. The van der Waals surface area contributed by atoms with E-state index in [1.807, 2.05) is 6.07 Å². The maximum absolute atomic E-state index is 6.75. The van der Waals surface area contributed by atoms with Crippen molar-refractivity contribution < 1.29 is 9.47 Å². The van der Waals surface area contributed by atoms with Crippen LogP contribution in [0.2, 0.25) is 0 Å². The Morgan fingerprint density at radius 3 is 2.24 bits per heavy atom. The van der Waals surface area contributed by atoms with E-state index in [0.717, 1.165) is 50.0 Å². The fourth-order valence-corrected chi connectivity index (χ4v) is 8.57. The normalized spacial score (nSPS) is 26.1. The predicted molar refractivity (Wildman–Crippen MR) is 200 cm³/mol. The first-order valence-corrected chi connectivity index (χ1v) is 17.6. The van der Waals surface area contributed by atoms with Gasteiger partial charge in [0.1, 0.15) is 23.7 Å². The molecule has 11 rings (SSSR count). The monoisotopic (exact) mass is 644 g/mol. The Bertz CT molecular complexity index is 2540. The molecule has 0 N–H and O–H groups in total. The average Bonchev–Trinajstić information content (AvgIpc) is 3.74. The molecule has 0 saturated heterocycles. The zero-order chi connectivity index (χ0) is 32.8. The molecule has 4 aromatic carbocycles. The van der Waals surface area contributed by atoms with Crippen molar-refractivity contribution in [1.29, 1.82) is 0 Å². The molecule has 4 nitrogen and oxygen atoms in total. The number of aromatic nitrogens is 2. The van der Waals surface area contributed by atoms with Crippen LogP contribution in [0.25, 0.3) is 44.3 Å². The average molecular weight is 645 g/mol. The van der Waals surface area contributed by atoms with E-state index < -0.39 is 0 Å². The van der Waals surface area contributed by atoms with Gasteiger partial charge in [0.05, 0.1) is 11.2 Å². The molecule has 6 atom stereocenters. The van der Waals surface area contributed by atoms with Gasteiger partial charge >= 0.3 is 0 Å². The molecular formula is C46H32N2O2. The summed E-state index contributed by atoms with van der Waals surface area (Å²) >= 11 is 0. The second-order valence-electron chi connectivity index (χ2n) is 13.9. The molecule has 238 valence electrons. The molecule has 4 aliphatic carbocycles. The van der Waals surface area contributed by atoms with Crippen molar-refractivity contribution >= 4 is 21.7 Å². The Balaban J connectivity index is 1.06. The zero-order valence-corrected chi connectivity index (χ0v) is 27.2. The van der Waals surface area contributed by atoms with Gasteiger partial charge in [0.2, 0.25) is 0 Å². The first kappa shape index (κ1) is 27.9. The quantitative estimate of drug-likeness (QED) is 0.196. The summed E-state index contributed by atoms with van der Waals surface area (Å²) in [5.41, 5.74) is 8.79. The minimum atomic E-state index is -0.0525. The highest BCUT2D eigenvalue weighted by Crippen LogP contribution is 2.50. The molecule has 4 heteroatoms. The molecule has 2 aliphatic heterocycles. The largest absolute Gasteiger partial charge is 0.485 e. The lowest BCUT2D eigenvalue weighted by Crippen LogP contribution is -2.18. The Morgan fingerprint density at radius 1 is 0.540 bits per heavy atom. The van der Waals surface area contributed by atoms with Gasteiger partial charge in [-0.1, -0.05) is 128 Å². The molecular weight excluding hydrogens is 613 g/mol. The second-order valence-corrected chi connectivity index (χ2v) is 13.9. The lowest BCUT2D eigenvalue weighted by Gasteiger charge is -2.25. The van der Waals surface area contributed by atoms with Crippen LogP contribution in [-0.4, -0.2) is 22.2 Å². The van der Waals surface area contributed by atoms with E-state index in [0.29, 0.717) is 17.7 Å². The number of benzene rings is 4. The van der Waals surface area contributed by atoms with Crippen molar-refractivity contribution in [3.8, 4) is 34.1 Å². The van der Waals surface area contributed by atoms with Crippen LogP contribution < -0.4 is 9.47 Å². The van der Waals surface area contributed by atoms with Crippen LogP contribution in [0.15, 0.2) is 169 Å². The highest BCUT2D eigenvalue weighted by molar-refractivity contribution is 6.06. The number of hydrogen-bond donors (Lipinski definition) is 0. The fourth-order valence-electron chi connectivity index (χ4n) is 8.57. The van der Waals surface area contributed by atoms with Gasteiger partial charge < -0.3 is 9.47 Å². The van der Waals surface area contributed by atoms with E-state index in [9.17, 15) is 0 Å². The summed E-state index contributed by atoms with van der Waals surface area (Å²) in [7, 11) is 0. The number of nitrogens with zero attached hydrogens (tertiary/aromatic N) is 2. The van der Waals surface area contributed by atoms with Crippen LogP contribution >= 0.6 is 0 Å². The molecule has 0 spiro atoms. The summed E-state index contributed by atoms with van der Waals surface area (Å²) in [5.74, 6) is 3.72. The van der Waals surface area contributed by atoms with Crippen LogP contribution in [0.4, 0.5) is 0 Å². The first-order valence-electron chi connectivity index (χ1n) is 17.6. The van der Waals surface area contributed by atoms with Crippen LogP contribution in [0.1, 0.15) is 23.0 Å². The van der Waals surface area contributed by atoms with E-state index in [4.69, 9.17) is 19.4 Å². The molecule has 3 heterocycles. The highest BCUT2D eigenvalue weighted by atomic mass is 16.5. The maximum atomic E-state index is 6.75. The minimum Gasteiger partial charge on any atom is -0.485 e. The Morgan fingerprint density at radius 2 is 1.30 bits per heavy atom. The summed E-state index contributed by atoms with van der Waals surface area (Å²) in [6, 6.07) is 25.7. The van der Waals surface area contributed by atoms with E-state index in [2.05, 4.69) is 152 Å². The lowest BCUT2D eigenvalue weighted by molar-refractivity contribution is 0.269. The predicted octanol–water partition coefficient (Wildman–Crippen LogP) is 10.3. The van der Waals surface area contributed by atoms with Crippen LogP contribution in [-0.2, 0) is 0 Å². The molecule has 6 aliphatic rings. The summed E-state index contributed by atoms with van der Waals surface area (Å²) in [6.45, 7) is 0. The zero-order valence-electron chi connectivity index (χ0n) is 27.2. The number of allylic oxidation sites excluding steroid dienone is 12. The van der Waals surface area contributed by atoms with Crippen molar-refractivity contribution in [2.45, 2.75) is 24.0 Å². The third-order valence-corrected chi connectivity index (χ3v) is 11.1. The standard InChI is InChI=1S/C46H32N2O2/c1-2-10-28-23-29(18-17-27(28)9-1)30-20-22-42-37(24-30)39-26-38(32-11-3-4-13-35(32)45(39)50-42)44-36-14-5-7-15-40(36)47-46(48-44)31-19-21-34-33-12-6-8-16-41(33)49-43(34)25-31/h1-28,33,37,41-42H. The highest BCUT2D eigenvalue weighted by Gasteiger charge is 2.37. The Kier molecular flexibility index (Phi) is 6.00. The lowest BCUT2D eigenvalue weighted by atomic mass is 9.79. The molecule has 0 amide bonds. The number of fused-ring (bicyclic) bond motifs is 10. The van der Waals surface area contributed by atoms with Gasteiger partial charge in [-0.05, 0) is 46.9 Å². The van der Waals surface area contributed by atoms with Gasteiger partial charge in [-0.25, -0.2) is 9.97 Å². The maximum Gasteiger partial charge on any atom is 0.160 e. The van der Waals surface area contributed by atoms with E-state index in [1.165, 1.54) is 22.3 Å². The van der Waals surface area contributed by atoms with Crippen molar-refractivity contribution in [3.05, 3.63) is 180 Å². The van der Waals surface area contributed by atoms with Gasteiger partial charge in [-0.3, -0.25) is 0 Å². The first-order chi connectivity index (χ1) is 24.7. The third-order valence-electron chi connectivity index (χ3n) is 11.1. The number of ether oxygens (including phenoxy) is 2. The molecule has 0 fully saturated rings. The van der Waals surface area contributed by atoms with Gasteiger partial charge in [0.15, 0.2) is 5.82 Å². The van der Waals surface area contributed by atoms with Crippen LogP contribution in [0.5, 0.6) is 11.5 Å². The smallest absolute Gasteiger partial charge is 0.160 e. The Hall–Kier alpha value is -6.00. The minimum absolute atomic E-state index is 0.0370.